The smallest absolute Gasteiger partial charge is 0.326 e. The summed E-state index contributed by atoms with van der Waals surface area (Å²) in [5.74, 6) is -15.6. The minimum atomic E-state index is -1.69. The van der Waals surface area contributed by atoms with Crippen LogP contribution in [-0.2, 0) is 73.5 Å². The maximum Gasteiger partial charge on any atom is 0.326 e. The first-order valence-electron chi connectivity index (χ1n) is 34.3. The van der Waals surface area contributed by atoms with Crippen molar-refractivity contribution < 1.29 is 87.5 Å². The van der Waals surface area contributed by atoms with E-state index in [0.29, 0.717) is 37.7 Å². The third-order valence-corrected chi connectivity index (χ3v) is 17.2. The van der Waals surface area contributed by atoms with E-state index in [1.165, 1.54) is 43.0 Å². The van der Waals surface area contributed by atoms with Gasteiger partial charge < -0.3 is 113 Å². The van der Waals surface area contributed by atoms with Crippen molar-refractivity contribution in [3.8, 4) is 5.75 Å². The van der Waals surface area contributed by atoms with Crippen molar-refractivity contribution in [2.75, 3.05) is 26.2 Å². The number of carbonyl (C=O) groups is 14. The number of unbranched alkanes of at least 4 members (excludes halogenated alkanes) is 2. The number of hydrogen-bond acceptors (Lipinski definition) is 20. The van der Waals surface area contributed by atoms with Gasteiger partial charge in [0.05, 0.1) is 18.6 Å². The van der Waals surface area contributed by atoms with Crippen LogP contribution in [0.15, 0.2) is 29.3 Å². The molecule has 15 atom stereocenters. The Morgan fingerprint density at radius 2 is 0.980 bits per heavy atom. The van der Waals surface area contributed by atoms with E-state index in [-0.39, 0.29) is 89.3 Å². The number of phenolic OH excluding ortho intramolecular Hbond substituents is 1. The number of nitrogens with one attached hydrogen (secondary N) is 10. The highest BCUT2D eigenvalue weighted by Crippen LogP contribution is 2.21. The number of aliphatic imine (C=N–C) groups is 1. The number of carboxylic acids is 2. The zero-order valence-electron chi connectivity index (χ0n) is 59.1. The second kappa shape index (κ2) is 44.8. The van der Waals surface area contributed by atoms with Crippen molar-refractivity contribution >= 4 is 88.8 Å². The molecule has 26 N–H and O–H groups in total. The van der Waals surface area contributed by atoms with Crippen LogP contribution in [0.5, 0.6) is 5.75 Å². The lowest BCUT2D eigenvalue weighted by molar-refractivity contribution is -0.142. The second-order valence-electron chi connectivity index (χ2n) is 25.9. The van der Waals surface area contributed by atoms with Gasteiger partial charge in [-0.25, -0.2) is 4.79 Å². The van der Waals surface area contributed by atoms with Crippen LogP contribution in [0.1, 0.15) is 157 Å². The number of benzene rings is 1. The number of primary amides is 1. The van der Waals surface area contributed by atoms with Gasteiger partial charge in [0.25, 0.3) is 0 Å². The summed E-state index contributed by atoms with van der Waals surface area (Å²) < 4.78 is 0. The first-order valence-corrected chi connectivity index (χ1v) is 34.3. The monoisotopic (exact) mass is 1430 g/mol. The Hall–Kier alpha value is -9.29. The Balaban J connectivity index is 2.41. The number of aliphatic carboxylic acids is 2. The van der Waals surface area contributed by atoms with Crippen LogP contribution in [0.2, 0.25) is 0 Å². The van der Waals surface area contributed by atoms with Gasteiger partial charge in [0.1, 0.15) is 72.2 Å². The second-order valence-corrected chi connectivity index (χ2v) is 25.9. The van der Waals surface area contributed by atoms with E-state index >= 15 is 0 Å². The molecule has 101 heavy (non-hydrogen) atoms. The van der Waals surface area contributed by atoms with Crippen molar-refractivity contribution in [1.29, 1.82) is 0 Å². The van der Waals surface area contributed by atoms with E-state index in [9.17, 15) is 87.5 Å². The predicted molar refractivity (Wildman–Crippen MR) is 369 cm³/mol. The maximum atomic E-state index is 14.4. The van der Waals surface area contributed by atoms with Crippen LogP contribution in [-0.4, -0.2) is 219 Å². The van der Waals surface area contributed by atoms with Crippen LogP contribution >= 0.6 is 0 Å². The highest BCUT2D eigenvalue weighted by Gasteiger charge is 2.41. The van der Waals surface area contributed by atoms with Gasteiger partial charge >= 0.3 is 11.9 Å². The number of phenols is 1. The molecular formula is C65H110N18O18. The first kappa shape index (κ1) is 87.8. The largest absolute Gasteiger partial charge is 0.508 e. The number of aliphatic hydroxyl groups is 1. The van der Waals surface area contributed by atoms with Gasteiger partial charge in [-0.05, 0) is 133 Å². The average Bonchev–Trinajstić information content (AvgIpc) is 1.70. The molecule has 1 aliphatic rings. The lowest BCUT2D eigenvalue weighted by Gasteiger charge is -2.32. The molecule has 1 aromatic rings. The summed E-state index contributed by atoms with van der Waals surface area (Å²) in [4.78, 5) is 195. The van der Waals surface area contributed by atoms with E-state index < -0.39 is 198 Å². The molecule has 1 saturated heterocycles. The topological polar surface area (TPSA) is 612 Å². The van der Waals surface area contributed by atoms with E-state index in [0.717, 1.165) is 0 Å². The maximum absolute atomic E-state index is 14.4. The fourth-order valence-corrected chi connectivity index (χ4v) is 10.8. The molecule has 0 aliphatic carbocycles. The van der Waals surface area contributed by atoms with Gasteiger partial charge in [0.2, 0.25) is 70.9 Å². The molecule has 568 valence electrons. The fourth-order valence-electron chi connectivity index (χ4n) is 10.8. The van der Waals surface area contributed by atoms with Crippen molar-refractivity contribution in [3.05, 3.63) is 29.8 Å². The molecule has 36 heteroatoms. The number of likely N-dealkylation sites (tertiary alicyclic amines) is 1. The normalized spacial score (nSPS) is 16.9. The van der Waals surface area contributed by atoms with Crippen molar-refractivity contribution in [2.24, 2.45) is 57.1 Å². The summed E-state index contributed by atoms with van der Waals surface area (Å²) >= 11 is 0. The molecule has 1 fully saturated rings. The molecule has 0 unspecified atom stereocenters. The average molecular weight is 1430 g/mol. The SMILES string of the molecule is CC[C@H](C)[C@H](NC(=O)[C@@H](NC(=O)[C@@H](NC(=O)[C@@H](NC(=O)[C@@H](N)CC(N)=O)[C@@H](C)CC)[C@@H](C)O)C(C)C)C(=O)N[C@@H](CCCCN)C(=O)N[C@@H](C)C(=O)N1CCC[C@H]1C(=O)N[C@@H](CCCN=C(N)N)C(=O)N[C@@H](CCC(=O)O)C(=O)N[C@@H](CCCCN)C(=O)N[C@@H](Cc1ccc(O)cc1)C(=O)O. The summed E-state index contributed by atoms with van der Waals surface area (Å²) in [6.45, 7) is 12.9. The quantitative estimate of drug-likeness (QED) is 0.0166. The Bertz CT molecular complexity index is 2990. The molecule has 0 saturated carbocycles. The summed E-state index contributed by atoms with van der Waals surface area (Å²) in [6, 6.07) is -11.5. The molecule has 1 aliphatic heterocycles. The van der Waals surface area contributed by atoms with Gasteiger partial charge in [-0.3, -0.25) is 67.3 Å². The number of guanidine groups is 1. The highest BCUT2D eigenvalue weighted by atomic mass is 16.4. The van der Waals surface area contributed by atoms with Crippen LogP contribution in [0.3, 0.4) is 0 Å². The van der Waals surface area contributed by atoms with Gasteiger partial charge in [0, 0.05) is 25.9 Å². The Kier molecular flexibility index (Phi) is 38.9. The van der Waals surface area contributed by atoms with Crippen LogP contribution in [0.25, 0.3) is 0 Å². The Morgan fingerprint density at radius 3 is 1.46 bits per heavy atom. The molecule has 36 nitrogen and oxygen atoms in total. The molecule has 0 aromatic heterocycles. The molecular weight excluding hydrogens is 1320 g/mol. The summed E-state index contributed by atoms with van der Waals surface area (Å²) in [6.07, 6.45) is -1.28. The summed E-state index contributed by atoms with van der Waals surface area (Å²) in [5.41, 5.74) is 34.0. The van der Waals surface area contributed by atoms with Crippen molar-refractivity contribution in [1.82, 2.24) is 58.1 Å². The van der Waals surface area contributed by atoms with E-state index in [1.54, 1.807) is 41.5 Å². The third kappa shape index (κ3) is 30.6. The number of carbonyl (C=O) groups excluding carboxylic acids is 12. The molecule has 12 amide bonds. The Labute approximate surface area is 588 Å². The highest BCUT2D eigenvalue weighted by molar-refractivity contribution is 6.00. The van der Waals surface area contributed by atoms with E-state index in [4.69, 9.17) is 34.4 Å². The van der Waals surface area contributed by atoms with Crippen molar-refractivity contribution in [3.63, 3.8) is 0 Å². The number of rotatable bonds is 47. The number of carboxylic acid groups (broad SMARTS) is 2. The van der Waals surface area contributed by atoms with E-state index in [2.05, 4.69) is 58.2 Å². The number of amides is 12. The van der Waals surface area contributed by atoms with Crippen LogP contribution < -0.4 is 87.6 Å². The number of hydrogen-bond donors (Lipinski definition) is 20. The minimum absolute atomic E-state index is 0.00310. The van der Waals surface area contributed by atoms with Gasteiger partial charge in [-0.2, -0.15) is 0 Å². The number of aliphatic hydroxyl groups excluding tert-OH is 1. The molecule has 1 heterocycles. The lowest BCUT2D eigenvalue weighted by atomic mass is 9.95. The summed E-state index contributed by atoms with van der Waals surface area (Å²) in [5, 5.41) is 65.8. The molecule has 0 radical (unpaired) electrons. The van der Waals surface area contributed by atoms with Crippen molar-refractivity contribution in [2.45, 2.75) is 237 Å². The number of aromatic hydroxyl groups is 1. The summed E-state index contributed by atoms with van der Waals surface area (Å²) in [7, 11) is 0. The standard InChI is InChI=1S/C65H110N18O18/c1-9-34(5)50(81-59(95)49(33(3)4)79-62(98)52(37(8)84)82-61(97)51(35(6)10-2)80-53(89)40(68)32-47(69)86)60(96)77-41(17-11-13-27-66)54(90)73-36(7)63(99)83-30-16-20-46(83)58(94)76-43(19-15-29-72-65(70)71)55(91)75-44(25-26-48(87)88)57(93)74-42(18-12-14-28-67)56(92)78-45(64(100)101)31-38-21-23-39(85)24-22-38/h21-24,33-37,40-46,49-52,84-85H,9-20,25-32,66-68H2,1-8H3,(H2,69,86)(H,73,90)(H,74,93)(H,75,91)(H,76,94)(H,77,96)(H,78,92)(H,79,98)(H,80,89)(H,81,95)(H,82,97)(H,87,88)(H,100,101)(H4,70,71,72)/t34-,35-,36-,37+,40-,41-,42-,43-,44-,45-,46-,49-,50-,51-,52-/m0/s1. The lowest BCUT2D eigenvalue weighted by Crippen LogP contribution is -2.63. The Morgan fingerprint density at radius 1 is 0.545 bits per heavy atom. The third-order valence-electron chi connectivity index (χ3n) is 17.2. The molecule has 0 spiro atoms. The van der Waals surface area contributed by atoms with Gasteiger partial charge in [-0.1, -0.05) is 66.5 Å². The first-order chi connectivity index (χ1) is 47.5. The zero-order valence-corrected chi connectivity index (χ0v) is 59.1. The zero-order chi connectivity index (χ0) is 76.4. The molecule has 2 rings (SSSR count). The number of nitrogens with zero attached hydrogens (tertiary/aromatic N) is 2. The number of nitrogens with two attached hydrogens (primary N) is 6. The van der Waals surface area contributed by atoms with Crippen LogP contribution in [0.4, 0.5) is 0 Å². The van der Waals surface area contributed by atoms with Gasteiger partial charge in [0.15, 0.2) is 5.96 Å². The molecule has 1 aromatic carbocycles. The van der Waals surface area contributed by atoms with Crippen LogP contribution in [0, 0.1) is 17.8 Å². The van der Waals surface area contributed by atoms with E-state index in [1.807, 2.05) is 0 Å². The molecule has 0 bridgehead atoms. The predicted octanol–water partition coefficient (Wildman–Crippen LogP) is -4.61. The fraction of sp³-hybridized carbons (Fsp3) is 0.677. The minimum Gasteiger partial charge on any atom is -0.508 e. The van der Waals surface area contributed by atoms with Gasteiger partial charge in [-0.15, -0.1) is 0 Å².